The molecule has 1 heterocycles. The molecule has 27 heavy (non-hydrogen) atoms. The number of ether oxygens (including phenoxy) is 1. The fourth-order valence-corrected chi connectivity index (χ4v) is 2.36. The van der Waals surface area contributed by atoms with Gasteiger partial charge in [0.25, 0.3) is 0 Å². The van der Waals surface area contributed by atoms with Crippen LogP contribution in [-0.2, 0) is 11.3 Å². The summed E-state index contributed by atoms with van der Waals surface area (Å²) >= 11 is 0. The normalized spacial score (nSPS) is 14.1. The second-order valence-corrected chi connectivity index (χ2v) is 5.88. The van der Waals surface area contributed by atoms with Gasteiger partial charge in [0.15, 0.2) is 23.4 Å². The molecule has 0 bridgehead atoms. The maximum Gasteiger partial charge on any atom is 0.248 e. The van der Waals surface area contributed by atoms with Crippen LogP contribution in [0.4, 0.5) is 8.78 Å². The summed E-state index contributed by atoms with van der Waals surface area (Å²) in [7, 11) is 0. The molecule has 9 heteroatoms. The summed E-state index contributed by atoms with van der Waals surface area (Å²) in [5, 5.41) is 10.1. The van der Waals surface area contributed by atoms with Gasteiger partial charge in [-0.3, -0.25) is 0 Å². The van der Waals surface area contributed by atoms with Crippen LogP contribution in [0.3, 0.4) is 0 Å². The molecule has 0 aliphatic heterocycles. The molecular weight excluding hydrogens is 356 g/mol. The molecule has 148 valence electrons. The van der Waals surface area contributed by atoms with E-state index in [0.717, 1.165) is 12.1 Å². The Bertz CT molecular complexity index is 766. The summed E-state index contributed by atoms with van der Waals surface area (Å²) in [4.78, 5) is 8.66. The molecule has 0 spiro atoms. The first-order valence-electron chi connectivity index (χ1n) is 8.88. The quantitative estimate of drug-likeness (QED) is 0.539. The fraction of sp³-hybridized carbons (Fsp3) is 0.500. The van der Waals surface area contributed by atoms with Gasteiger partial charge in [0.05, 0.1) is 6.04 Å². The van der Waals surface area contributed by atoms with E-state index >= 15 is 0 Å². The standard InChI is InChI=1S/C18H25F2N5O2/c1-5-21-18(23-11(3)13-7-8-14(19)15(20)9-13)22-10-16-24-17(25-27-16)12(4)26-6-2/h7-9,11-12H,5-6,10H2,1-4H3,(H2,21,22,23). The lowest BCUT2D eigenvalue weighted by Gasteiger charge is -2.18. The van der Waals surface area contributed by atoms with Gasteiger partial charge in [-0.05, 0) is 45.4 Å². The SMILES string of the molecule is CCNC(=NCc1nc(C(C)OCC)no1)NC(C)c1ccc(F)c(F)c1. The van der Waals surface area contributed by atoms with Crippen LogP contribution in [0.15, 0.2) is 27.7 Å². The maximum absolute atomic E-state index is 13.4. The van der Waals surface area contributed by atoms with E-state index in [4.69, 9.17) is 9.26 Å². The summed E-state index contributed by atoms with van der Waals surface area (Å²) in [6.45, 7) is 8.85. The van der Waals surface area contributed by atoms with Gasteiger partial charge in [0.1, 0.15) is 12.6 Å². The van der Waals surface area contributed by atoms with Crippen molar-refractivity contribution in [1.82, 2.24) is 20.8 Å². The lowest BCUT2D eigenvalue weighted by Crippen LogP contribution is -2.38. The van der Waals surface area contributed by atoms with Crippen LogP contribution in [0.5, 0.6) is 0 Å². The van der Waals surface area contributed by atoms with Crippen LogP contribution in [-0.4, -0.2) is 29.3 Å². The van der Waals surface area contributed by atoms with Crippen LogP contribution in [0, 0.1) is 11.6 Å². The minimum Gasteiger partial charge on any atom is -0.371 e. The molecule has 2 N–H and O–H groups in total. The minimum absolute atomic E-state index is 0.172. The molecule has 0 saturated heterocycles. The topological polar surface area (TPSA) is 84.6 Å². The number of hydrogen-bond acceptors (Lipinski definition) is 5. The van der Waals surface area contributed by atoms with Crippen molar-refractivity contribution in [3.8, 4) is 0 Å². The number of guanidine groups is 1. The average Bonchev–Trinajstić information content (AvgIpc) is 3.11. The molecule has 1 aromatic heterocycles. The van der Waals surface area contributed by atoms with Crippen molar-refractivity contribution in [2.75, 3.05) is 13.2 Å². The van der Waals surface area contributed by atoms with Crippen LogP contribution in [0.1, 0.15) is 57.1 Å². The lowest BCUT2D eigenvalue weighted by atomic mass is 10.1. The smallest absolute Gasteiger partial charge is 0.248 e. The summed E-state index contributed by atoms with van der Waals surface area (Å²) in [5.74, 6) is -0.443. The highest BCUT2D eigenvalue weighted by molar-refractivity contribution is 5.80. The van der Waals surface area contributed by atoms with E-state index in [1.54, 1.807) is 0 Å². The number of benzene rings is 1. The fourth-order valence-electron chi connectivity index (χ4n) is 2.36. The third-order valence-electron chi connectivity index (χ3n) is 3.78. The second-order valence-electron chi connectivity index (χ2n) is 5.88. The molecule has 2 atom stereocenters. The summed E-state index contributed by atoms with van der Waals surface area (Å²) < 4.78 is 37.1. The lowest BCUT2D eigenvalue weighted by molar-refractivity contribution is 0.0683. The van der Waals surface area contributed by atoms with Gasteiger partial charge in [-0.25, -0.2) is 13.8 Å². The predicted octanol–water partition coefficient (Wildman–Crippen LogP) is 3.26. The summed E-state index contributed by atoms with van der Waals surface area (Å²) in [6, 6.07) is 3.51. The van der Waals surface area contributed by atoms with E-state index in [1.807, 2.05) is 27.7 Å². The van der Waals surface area contributed by atoms with Crippen LogP contribution >= 0.6 is 0 Å². The third-order valence-corrected chi connectivity index (χ3v) is 3.78. The highest BCUT2D eigenvalue weighted by Gasteiger charge is 2.14. The molecule has 0 amide bonds. The maximum atomic E-state index is 13.4. The Kier molecular flexibility index (Phi) is 7.66. The van der Waals surface area contributed by atoms with E-state index < -0.39 is 11.6 Å². The van der Waals surface area contributed by atoms with Gasteiger partial charge in [-0.2, -0.15) is 4.98 Å². The zero-order valence-corrected chi connectivity index (χ0v) is 15.9. The van der Waals surface area contributed by atoms with Crippen molar-refractivity contribution in [3.05, 3.63) is 47.1 Å². The summed E-state index contributed by atoms with van der Waals surface area (Å²) in [6.07, 6.45) is -0.253. The first-order valence-corrected chi connectivity index (χ1v) is 8.88. The average molecular weight is 381 g/mol. The number of nitrogens with zero attached hydrogens (tertiary/aromatic N) is 3. The van der Waals surface area contributed by atoms with Crippen molar-refractivity contribution in [3.63, 3.8) is 0 Å². The van der Waals surface area contributed by atoms with Gasteiger partial charge in [-0.15, -0.1) is 0 Å². The highest BCUT2D eigenvalue weighted by Crippen LogP contribution is 2.16. The zero-order valence-electron chi connectivity index (χ0n) is 15.9. The monoisotopic (exact) mass is 381 g/mol. The van der Waals surface area contributed by atoms with Crippen molar-refractivity contribution in [2.45, 2.75) is 46.4 Å². The molecule has 0 saturated carbocycles. The van der Waals surface area contributed by atoms with E-state index in [0.29, 0.717) is 36.4 Å². The van der Waals surface area contributed by atoms with Gasteiger partial charge in [-0.1, -0.05) is 11.2 Å². The minimum atomic E-state index is -0.884. The first kappa shape index (κ1) is 20.8. The molecule has 7 nitrogen and oxygen atoms in total. The van der Waals surface area contributed by atoms with E-state index in [1.165, 1.54) is 6.07 Å². The molecule has 2 unspecified atom stereocenters. The van der Waals surface area contributed by atoms with E-state index in [2.05, 4.69) is 25.8 Å². The summed E-state index contributed by atoms with van der Waals surface area (Å²) in [5.41, 5.74) is 0.602. The van der Waals surface area contributed by atoms with E-state index in [9.17, 15) is 8.78 Å². The van der Waals surface area contributed by atoms with Crippen LogP contribution in [0.2, 0.25) is 0 Å². The predicted molar refractivity (Wildman–Crippen MR) is 97.1 cm³/mol. The Morgan fingerprint density at radius 2 is 2.04 bits per heavy atom. The van der Waals surface area contributed by atoms with Gasteiger partial charge < -0.3 is 19.9 Å². The van der Waals surface area contributed by atoms with Gasteiger partial charge >= 0.3 is 0 Å². The number of aliphatic imine (C=N–C) groups is 1. The molecule has 2 rings (SSSR count). The highest BCUT2D eigenvalue weighted by atomic mass is 19.2. The number of rotatable bonds is 8. The molecule has 1 aromatic carbocycles. The van der Waals surface area contributed by atoms with E-state index in [-0.39, 0.29) is 18.7 Å². The Morgan fingerprint density at radius 1 is 1.26 bits per heavy atom. The van der Waals surface area contributed by atoms with Gasteiger partial charge in [0.2, 0.25) is 5.89 Å². The number of halogens is 2. The van der Waals surface area contributed by atoms with Crippen molar-refractivity contribution in [2.24, 2.45) is 4.99 Å². The number of hydrogen-bond donors (Lipinski definition) is 2. The van der Waals surface area contributed by atoms with Crippen molar-refractivity contribution < 1.29 is 18.0 Å². The molecule has 2 aromatic rings. The first-order chi connectivity index (χ1) is 12.9. The van der Waals surface area contributed by atoms with Crippen LogP contribution in [0.25, 0.3) is 0 Å². The van der Waals surface area contributed by atoms with Gasteiger partial charge in [0, 0.05) is 13.2 Å². The Morgan fingerprint density at radius 3 is 2.70 bits per heavy atom. The molecule has 0 aliphatic rings. The van der Waals surface area contributed by atoms with Crippen molar-refractivity contribution >= 4 is 5.96 Å². The molecular formula is C18H25F2N5O2. The Balaban J connectivity index is 2.04. The number of aromatic nitrogens is 2. The Hall–Kier alpha value is -2.55. The molecule has 0 aliphatic carbocycles. The number of nitrogens with one attached hydrogen (secondary N) is 2. The Labute approximate surface area is 157 Å². The zero-order chi connectivity index (χ0) is 19.8. The van der Waals surface area contributed by atoms with Crippen LogP contribution < -0.4 is 10.6 Å². The van der Waals surface area contributed by atoms with Crippen molar-refractivity contribution in [1.29, 1.82) is 0 Å². The second kappa shape index (κ2) is 9.96. The molecule has 0 radical (unpaired) electrons. The third kappa shape index (κ3) is 5.99. The molecule has 0 fully saturated rings. The largest absolute Gasteiger partial charge is 0.371 e.